The molecule has 0 aromatic rings. The molecular weight excluding hydrogens is 212 g/mol. The van der Waals surface area contributed by atoms with Gasteiger partial charge in [0.05, 0.1) is 11.2 Å². The molecule has 0 radical (unpaired) electrons. The molecule has 3 fully saturated rings. The number of fused-ring (bicyclic) bond motifs is 3. The fraction of sp³-hybridized carbons (Fsp3) is 1.00. The van der Waals surface area contributed by atoms with Gasteiger partial charge in [-0.3, -0.25) is 0 Å². The van der Waals surface area contributed by atoms with Gasteiger partial charge in [0.25, 0.3) is 0 Å². The van der Waals surface area contributed by atoms with Gasteiger partial charge in [0, 0.05) is 0 Å². The third-order valence-corrected chi connectivity index (χ3v) is 6.40. The summed E-state index contributed by atoms with van der Waals surface area (Å²) in [5.41, 5.74) is -0.738. The van der Waals surface area contributed by atoms with Crippen molar-refractivity contribution in [3.05, 3.63) is 0 Å². The predicted molar refractivity (Wildman–Crippen MR) is 67.5 cm³/mol. The number of hydrogen-bond donors (Lipinski definition) is 2. The highest BCUT2D eigenvalue weighted by Crippen LogP contribution is 2.71. The molecule has 3 rings (SSSR count). The Hall–Kier alpha value is -0.0800. The monoisotopic (exact) mass is 238 g/mol. The van der Waals surface area contributed by atoms with E-state index in [4.69, 9.17) is 0 Å². The Morgan fingerprint density at radius 2 is 1.29 bits per heavy atom. The number of aliphatic hydroxyl groups is 2. The van der Waals surface area contributed by atoms with Crippen LogP contribution in [-0.2, 0) is 0 Å². The summed E-state index contributed by atoms with van der Waals surface area (Å²) >= 11 is 0. The van der Waals surface area contributed by atoms with Gasteiger partial charge in [-0.15, -0.1) is 0 Å². The second-order valence-corrected chi connectivity index (χ2v) is 7.88. The van der Waals surface area contributed by atoms with Crippen LogP contribution in [0.2, 0.25) is 0 Å². The van der Waals surface area contributed by atoms with Gasteiger partial charge in [0.2, 0.25) is 0 Å². The standard InChI is InChI=1S/C15H26O2/c1-13(2)9-5-7-14(3,16)10-6-8-15(4,17)12(10)11(9)13/h9-12,16-17H,5-8H2,1-4H3/t9-,10+,11-,12-,14+,15-/m0/s1. The zero-order chi connectivity index (χ0) is 12.6. The molecule has 0 amide bonds. The van der Waals surface area contributed by atoms with Crippen LogP contribution in [0.25, 0.3) is 0 Å². The van der Waals surface area contributed by atoms with Gasteiger partial charge < -0.3 is 10.2 Å². The molecule has 0 aromatic carbocycles. The summed E-state index contributed by atoms with van der Waals surface area (Å²) in [6.07, 6.45) is 3.89. The summed E-state index contributed by atoms with van der Waals surface area (Å²) in [6, 6.07) is 0. The fourth-order valence-electron chi connectivity index (χ4n) is 5.25. The van der Waals surface area contributed by atoms with Crippen molar-refractivity contribution in [2.24, 2.45) is 29.1 Å². The Balaban J connectivity index is 1.99. The lowest BCUT2D eigenvalue weighted by Gasteiger charge is -2.37. The smallest absolute Gasteiger partial charge is 0.0654 e. The lowest BCUT2D eigenvalue weighted by atomic mass is 9.73. The Morgan fingerprint density at radius 1 is 0.765 bits per heavy atom. The molecule has 98 valence electrons. The van der Waals surface area contributed by atoms with Gasteiger partial charge in [-0.05, 0) is 68.6 Å². The van der Waals surface area contributed by atoms with E-state index < -0.39 is 11.2 Å². The SMILES string of the molecule is CC1(C)[C@@H]2[C@@H]3[C@@H](CC[C@]3(C)O)[C@](C)(O)CC[C@@H]21. The molecule has 2 N–H and O–H groups in total. The molecule has 17 heavy (non-hydrogen) atoms. The largest absolute Gasteiger partial charge is 0.390 e. The average molecular weight is 238 g/mol. The van der Waals surface area contributed by atoms with E-state index in [1.54, 1.807) is 0 Å². The normalized spacial score (nSPS) is 60.4. The van der Waals surface area contributed by atoms with Crippen molar-refractivity contribution in [2.45, 2.75) is 64.6 Å². The van der Waals surface area contributed by atoms with Crippen LogP contribution in [0.3, 0.4) is 0 Å². The lowest BCUT2D eigenvalue weighted by molar-refractivity contribution is -0.0663. The highest BCUT2D eigenvalue weighted by atomic mass is 16.3. The first-order chi connectivity index (χ1) is 7.68. The number of rotatable bonds is 0. The van der Waals surface area contributed by atoms with Crippen molar-refractivity contribution in [3.8, 4) is 0 Å². The van der Waals surface area contributed by atoms with E-state index in [2.05, 4.69) is 13.8 Å². The fourth-order valence-corrected chi connectivity index (χ4v) is 5.25. The van der Waals surface area contributed by atoms with Crippen molar-refractivity contribution in [3.63, 3.8) is 0 Å². The minimum atomic E-state index is -0.561. The van der Waals surface area contributed by atoms with E-state index in [1.165, 1.54) is 0 Å². The summed E-state index contributed by atoms with van der Waals surface area (Å²) in [6.45, 7) is 8.66. The van der Waals surface area contributed by atoms with Crippen LogP contribution >= 0.6 is 0 Å². The molecule has 2 nitrogen and oxygen atoms in total. The summed E-state index contributed by atoms with van der Waals surface area (Å²) in [5.74, 6) is 1.95. The zero-order valence-corrected chi connectivity index (χ0v) is 11.5. The third-order valence-electron chi connectivity index (χ3n) is 6.40. The quantitative estimate of drug-likeness (QED) is 0.681. The van der Waals surface area contributed by atoms with Gasteiger partial charge in [-0.2, -0.15) is 0 Å². The van der Waals surface area contributed by atoms with Gasteiger partial charge in [-0.1, -0.05) is 13.8 Å². The van der Waals surface area contributed by atoms with E-state index in [9.17, 15) is 10.2 Å². The van der Waals surface area contributed by atoms with E-state index in [0.717, 1.165) is 25.7 Å². The summed E-state index contributed by atoms with van der Waals surface area (Å²) < 4.78 is 0. The van der Waals surface area contributed by atoms with Crippen molar-refractivity contribution < 1.29 is 10.2 Å². The molecule has 0 heterocycles. The second kappa shape index (κ2) is 3.08. The van der Waals surface area contributed by atoms with Crippen molar-refractivity contribution >= 4 is 0 Å². The van der Waals surface area contributed by atoms with E-state index in [0.29, 0.717) is 29.1 Å². The maximum atomic E-state index is 10.7. The minimum Gasteiger partial charge on any atom is -0.390 e. The molecule has 3 aliphatic rings. The molecule has 0 aromatic heterocycles. The first-order valence-electron chi connectivity index (χ1n) is 7.13. The molecule has 6 atom stereocenters. The average Bonchev–Trinajstić information content (AvgIpc) is 2.59. The summed E-state index contributed by atoms with van der Waals surface area (Å²) in [4.78, 5) is 0. The molecule has 3 aliphatic carbocycles. The Morgan fingerprint density at radius 3 is 1.94 bits per heavy atom. The highest BCUT2D eigenvalue weighted by molar-refractivity contribution is 5.18. The lowest BCUT2D eigenvalue weighted by Crippen LogP contribution is -2.43. The topological polar surface area (TPSA) is 40.5 Å². The molecule has 3 saturated carbocycles. The van der Waals surface area contributed by atoms with Gasteiger partial charge >= 0.3 is 0 Å². The van der Waals surface area contributed by atoms with Gasteiger partial charge in [-0.25, -0.2) is 0 Å². The van der Waals surface area contributed by atoms with E-state index in [-0.39, 0.29) is 0 Å². The van der Waals surface area contributed by atoms with Crippen LogP contribution in [0.1, 0.15) is 53.4 Å². The molecule has 0 saturated heterocycles. The second-order valence-electron chi connectivity index (χ2n) is 7.88. The zero-order valence-electron chi connectivity index (χ0n) is 11.5. The maximum Gasteiger partial charge on any atom is 0.0654 e. The molecule has 2 heteroatoms. The Bertz CT molecular complexity index is 343. The van der Waals surface area contributed by atoms with Crippen LogP contribution in [0, 0.1) is 29.1 Å². The van der Waals surface area contributed by atoms with E-state index in [1.807, 2.05) is 13.8 Å². The van der Waals surface area contributed by atoms with Crippen LogP contribution in [-0.4, -0.2) is 21.4 Å². The molecule has 0 spiro atoms. The molecule has 0 unspecified atom stereocenters. The van der Waals surface area contributed by atoms with Crippen LogP contribution < -0.4 is 0 Å². The van der Waals surface area contributed by atoms with Crippen molar-refractivity contribution in [2.75, 3.05) is 0 Å². The first kappa shape index (κ1) is 12.0. The van der Waals surface area contributed by atoms with Crippen molar-refractivity contribution in [1.29, 1.82) is 0 Å². The van der Waals surface area contributed by atoms with Crippen LogP contribution in [0.15, 0.2) is 0 Å². The number of hydrogen-bond acceptors (Lipinski definition) is 2. The predicted octanol–water partition coefficient (Wildman–Crippen LogP) is 2.58. The van der Waals surface area contributed by atoms with Gasteiger partial charge in [0.1, 0.15) is 0 Å². The van der Waals surface area contributed by atoms with Crippen LogP contribution in [0.5, 0.6) is 0 Å². The Labute approximate surface area is 104 Å². The molecular formula is C15H26O2. The Kier molecular flexibility index (Phi) is 2.17. The van der Waals surface area contributed by atoms with Crippen LogP contribution in [0.4, 0.5) is 0 Å². The molecule has 0 bridgehead atoms. The maximum absolute atomic E-state index is 10.7. The molecule has 0 aliphatic heterocycles. The van der Waals surface area contributed by atoms with Gasteiger partial charge in [0.15, 0.2) is 0 Å². The van der Waals surface area contributed by atoms with E-state index >= 15 is 0 Å². The third kappa shape index (κ3) is 1.46. The minimum absolute atomic E-state index is 0.300. The highest BCUT2D eigenvalue weighted by Gasteiger charge is 2.69. The van der Waals surface area contributed by atoms with Crippen molar-refractivity contribution in [1.82, 2.24) is 0 Å². The summed E-state index contributed by atoms with van der Waals surface area (Å²) in [7, 11) is 0. The summed E-state index contributed by atoms with van der Waals surface area (Å²) in [5, 5.41) is 21.3. The first-order valence-corrected chi connectivity index (χ1v) is 7.13.